The Bertz CT molecular complexity index is 761. The lowest BCUT2D eigenvalue weighted by atomic mass is 9.93. The van der Waals surface area contributed by atoms with Crippen molar-refractivity contribution in [3.63, 3.8) is 0 Å². The number of likely N-dealkylation sites (tertiary alicyclic amines) is 1. The second-order valence-electron chi connectivity index (χ2n) is 6.10. The van der Waals surface area contributed by atoms with Crippen molar-refractivity contribution < 1.29 is 4.42 Å². The third-order valence-corrected chi connectivity index (χ3v) is 4.71. The van der Waals surface area contributed by atoms with Crippen molar-refractivity contribution in [2.24, 2.45) is 5.92 Å². The maximum absolute atomic E-state index is 6.50. The number of halogens is 1. The molecule has 3 heterocycles. The van der Waals surface area contributed by atoms with Crippen LogP contribution in [0.25, 0.3) is 5.69 Å². The predicted molar refractivity (Wildman–Crippen MR) is 89.8 cm³/mol. The minimum Gasteiger partial charge on any atom is -0.472 e. The summed E-state index contributed by atoms with van der Waals surface area (Å²) in [6.45, 7) is 3.05. The van der Waals surface area contributed by atoms with E-state index < -0.39 is 0 Å². The summed E-state index contributed by atoms with van der Waals surface area (Å²) in [4.78, 5) is 2.41. The first-order valence-corrected chi connectivity index (χ1v) is 8.18. The Morgan fingerprint density at radius 1 is 1.17 bits per heavy atom. The number of hydrogen-bond acceptors (Lipinski definition) is 3. The minimum absolute atomic E-state index is 0.703. The summed E-state index contributed by atoms with van der Waals surface area (Å²) in [6, 6.07) is 12.0. The van der Waals surface area contributed by atoms with Crippen molar-refractivity contribution in [2.45, 2.75) is 13.0 Å². The zero-order valence-electron chi connectivity index (χ0n) is 12.7. The van der Waals surface area contributed by atoms with Crippen LogP contribution in [0.15, 0.2) is 59.5 Å². The van der Waals surface area contributed by atoms with Gasteiger partial charge >= 0.3 is 0 Å². The highest BCUT2D eigenvalue weighted by Crippen LogP contribution is 2.26. The average Bonchev–Trinajstić information content (AvgIpc) is 3.17. The Hall–Kier alpha value is -2.04. The number of rotatable bonds is 5. The number of para-hydroxylation sites is 1. The van der Waals surface area contributed by atoms with Gasteiger partial charge in [0, 0.05) is 25.2 Å². The molecule has 4 nitrogen and oxygen atoms in total. The van der Waals surface area contributed by atoms with E-state index in [0.29, 0.717) is 11.1 Å². The maximum atomic E-state index is 6.50. The molecule has 0 N–H and O–H groups in total. The quantitative estimate of drug-likeness (QED) is 0.715. The van der Waals surface area contributed by atoms with Crippen LogP contribution in [0.4, 0.5) is 0 Å². The Morgan fingerprint density at radius 2 is 2.00 bits per heavy atom. The van der Waals surface area contributed by atoms with E-state index in [2.05, 4.69) is 10.00 Å². The van der Waals surface area contributed by atoms with E-state index in [9.17, 15) is 0 Å². The number of aromatic nitrogens is 2. The van der Waals surface area contributed by atoms with Crippen molar-refractivity contribution >= 4 is 11.6 Å². The summed E-state index contributed by atoms with van der Waals surface area (Å²) in [5, 5.41) is 5.13. The van der Waals surface area contributed by atoms with Crippen LogP contribution in [0.5, 0.6) is 0 Å². The zero-order valence-corrected chi connectivity index (χ0v) is 13.5. The van der Waals surface area contributed by atoms with E-state index in [1.165, 1.54) is 5.56 Å². The van der Waals surface area contributed by atoms with Crippen molar-refractivity contribution in [3.05, 3.63) is 71.4 Å². The van der Waals surface area contributed by atoms with Gasteiger partial charge in [-0.15, -0.1) is 0 Å². The minimum atomic E-state index is 0.703. The van der Waals surface area contributed by atoms with Crippen LogP contribution in [-0.2, 0) is 13.0 Å². The predicted octanol–water partition coefficient (Wildman–Crippen LogP) is 3.79. The largest absolute Gasteiger partial charge is 0.472 e. The summed E-state index contributed by atoms with van der Waals surface area (Å²) in [6.07, 6.45) is 6.54. The Morgan fingerprint density at radius 3 is 2.74 bits per heavy atom. The van der Waals surface area contributed by atoms with Gasteiger partial charge in [0.25, 0.3) is 0 Å². The molecule has 0 saturated carbocycles. The van der Waals surface area contributed by atoms with E-state index in [4.69, 9.17) is 16.0 Å². The van der Waals surface area contributed by atoms with Gasteiger partial charge in [0.15, 0.2) is 0 Å². The van der Waals surface area contributed by atoms with Crippen LogP contribution in [-0.4, -0.2) is 27.8 Å². The van der Waals surface area contributed by atoms with Crippen molar-refractivity contribution in [1.82, 2.24) is 14.7 Å². The molecule has 1 aromatic carbocycles. The fraction of sp³-hybridized carbons (Fsp3) is 0.278. The topological polar surface area (TPSA) is 34.2 Å². The molecule has 0 unspecified atom stereocenters. The van der Waals surface area contributed by atoms with E-state index >= 15 is 0 Å². The molecule has 4 rings (SSSR count). The Kier molecular flexibility index (Phi) is 3.93. The monoisotopic (exact) mass is 327 g/mol. The maximum Gasteiger partial charge on any atom is 0.137 e. The van der Waals surface area contributed by atoms with E-state index in [1.807, 2.05) is 48.9 Å². The standard InChI is InChI=1S/C18H18ClN3O/c19-18-16(9-20-22(18)17-4-2-1-3-5-17)12-21-10-15(11-21)8-14-6-7-23-13-14/h1-7,9,13,15H,8,10-12H2. The Labute approximate surface area is 140 Å². The first-order chi connectivity index (χ1) is 11.3. The molecule has 0 aliphatic carbocycles. The molecular formula is C18H18ClN3O. The summed E-state index contributed by atoms with van der Waals surface area (Å²) in [7, 11) is 0. The highest BCUT2D eigenvalue weighted by molar-refractivity contribution is 6.30. The normalized spacial score (nSPS) is 15.7. The van der Waals surface area contributed by atoms with Crippen LogP contribution >= 0.6 is 11.6 Å². The van der Waals surface area contributed by atoms with Crippen molar-refractivity contribution in [1.29, 1.82) is 0 Å². The van der Waals surface area contributed by atoms with Crippen molar-refractivity contribution in [2.75, 3.05) is 13.1 Å². The average molecular weight is 328 g/mol. The molecule has 0 spiro atoms. The lowest BCUT2D eigenvalue weighted by Gasteiger charge is -2.39. The molecule has 1 fully saturated rings. The fourth-order valence-electron chi connectivity index (χ4n) is 3.14. The molecule has 5 heteroatoms. The van der Waals surface area contributed by atoms with Crippen LogP contribution in [0.2, 0.25) is 5.15 Å². The van der Waals surface area contributed by atoms with Crippen molar-refractivity contribution in [3.8, 4) is 5.69 Å². The molecule has 118 valence electrons. The Balaban J connectivity index is 1.37. The summed E-state index contributed by atoms with van der Waals surface area (Å²) in [5.41, 5.74) is 3.35. The fourth-order valence-corrected chi connectivity index (χ4v) is 3.39. The van der Waals surface area contributed by atoms with Gasteiger partial charge in [0.2, 0.25) is 0 Å². The molecular weight excluding hydrogens is 310 g/mol. The van der Waals surface area contributed by atoms with Gasteiger partial charge in [-0.05, 0) is 36.1 Å². The molecule has 0 amide bonds. The van der Waals surface area contributed by atoms with Gasteiger partial charge in [-0.25, -0.2) is 4.68 Å². The smallest absolute Gasteiger partial charge is 0.137 e. The zero-order chi connectivity index (χ0) is 15.6. The molecule has 0 atom stereocenters. The highest BCUT2D eigenvalue weighted by Gasteiger charge is 2.28. The van der Waals surface area contributed by atoms with Gasteiger partial charge in [-0.1, -0.05) is 29.8 Å². The van der Waals surface area contributed by atoms with Crippen LogP contribution in [0.3, 0.4) is 0 Å². The first kappa shape index (κ1) is 14.5. The summed E-state index contributed by atoms with van der Waals surface area (Å²) < 4.78 is 6.92. The lowest BCUT2D eigenvalue weighted by molar-refractivity contribution is 0.0925. The molecule has 0 radical (unpaired) electrons. The second kappa shape index (κ2) is 6.22. The van der Waals surface area contributed by atoms with Crippen LogP contribution in [0, 0.1) is 5.92 Å². The van der Waals surface area contributed by atoms with Gasteiger partial charge in [0.1, 0.15) is 5.15 Å². The van der Waals surface area contributed by atoms with Gasteiger partial charge in [-0.3, -0.25) is 4.90 Å². The molecule has 2 aromatic heterocycles. The van der Waals surface area contributed by atoms with E-state index in [1.54, 1.807) is 10.9 Å². The van der Waals surface area contributed by atoms with Crippen LogP contribution < -0.4 is 0 Å². The first-order valence-electron chi connectivity index (χ1n) is 7.81. The van der Waals surface area contributed by atoms with Gasteiger partial charge in [-0.2, -0.15) is 5.10 Å². The van der Waals surface area contributed by atoms with E-state index in [-0.39, 0.29) is 0 Å². The number of nitrogens with zero attached hydrogens (tertiary/aromatic N) is 3. The third-order valence-electron chi connectivity index (χ3n) is 4.31. The summed E-state index contributed by atoms with van der Waals surface area (Å²) >= 11 is 6.50. The highest BCUT2D eigenvalue weighted by atomic mass is 35.5. The third kappa shape index (κ3) is 3.05. The molecule has 23 heavy (non-hydrogen) atoms. The van der Waals surface area contributed by atoms with Gasteiger partial charge < -0.3 is 4.42 Å². The number of furan rings is 1. The lowest BCUT2D eigenvalue weighted by Crippen LogP contribution is -2.46. The SMILES string of the molecule is Clc1c(CN2CC(Cc3ccoc3)C2)cnn1-c1ccccc1. The molecule has 0 bridgehead atoms. The molecule has 1 saturated heterocycles. The molecule has 1 aliphatic heterocycles. The number of hydrogen-bond donors (Lipinski definition) is 0. The summed E-state index contributed by atoms with van der Waals surface area (Å²) in [5.74, 6) is 0.704. The molecule has 3 aromatic rings. The molecule has 1 aliphatic rings. The van der Waals surface area contributed by atoms with Crippen LogP contribution in [0.1, 0.15) is 11.1 Å². The second-order valence-corrected chi connectivity index (χ2v) is 6.46. The van der Waals surface area contributed by atoms with E-state index in [0.717, 1.165) is 37.3 Å². The van der Waals surface area contributed by atoms with Gasteiger partial charge in [0.05, 0.1) is 24.4 Å². The number of benzene rings is 1.